The number of rotatable bonds is 6. The fourth-order valence-corrected chi connectivity index (χ4v) is 2.52. The van der Waals surface area contributed by atoms with Gasteiger partial charge in [-0.3, -0.25) is 4.79 Å². The van der Waals surface area contributed by atoms with Crippen LogP contribution in [0.1, 0.15) is 25.7 Å². The minimum absolute atomic E-state index is 0.00606. The van der Waals surface area contributed by atoms with E-state index in [1.54, 1.807) is 19.2 Å². The summed E-state index contributed by atoms with van der Waals surface area (Å²) in [5.74, 6) is 0.615. The lowest BCUT2D eigenvalue weighted by atomic mass is 10.2. The molecule has 1 amide bonds. The Morgan fingerprint density at radius 2 is 2.20 bits per heavy atom. The van der Waals surface area contributed by atoms with Crippen molar-refractivity contribution in [1.29, 1.82) is 0 Å². The van der Waals surface area contributed by atoms with Crippen LogP contribution in [0, 0.1) is 0 Å². The summed E-state index contributed by atoms with van der Waals surface area (Å²) < 4.78 is 10.9. The van der Waals surface area contributed by atoms with Crippen molar-refractivity contribution in [2.75, 3.05) is 19.5 Å². The molecule has 0 heterocycles. The van der Waals surface area contributed by atoms with Gasteiger partial charge in [0.15, 0.2) is 0 Å². The summed E-state index contributed by atoms with van der Waals surface area (Å²) >= 11 is 0. The highest BCUT2D eigenvalue weighted by atomic mass is 16.5. The van der Waals surface area contributed by atoms with Crippen molar-refractivity contribution in [2.45, 2.75) is 37.8 Å². The predicted molar refractivity (Wildman–Crippen MR) is 77.5 cm³/mol. The first kappa shape index (κ1) is 14.7. The molecular formula is C15H22N2O3. The molecule has 0 bridgehead atoms. The number of hydrogen-bond donors (Lipinski definition) is 2. The lowest BCUT2D eigenvalue weighted by molar-refractivity contribution is -0.123. The summed E-state index contributed by atoms with van der Waals surface area (Å²) in [5.41, 5.74) is 6.35. The Kier molecular flexibility index (Phi) is 5.24. The van der Waals surface area contributed by atoms with Gasteiger partial charge in [-0.25, -0.2) is 0 Å². The molecule has 0 aromatic heterocycles. The van der Waals surface area contributed by atoms with Crippen molar-refractivity contribution in [2.24, 2.45) is 0 Å². The van der Waals surface area contributed by atoms with Gasteiger partial charge in [0.25, 0.3) is 0 Å². The number of anilines is 1. The Hall–Kier alpha value is -1.75. The van der Waals surface area contributed by atoms with E-state index in [1.807, 2.05) is 12.1 Å². The van der Waals surface area contributed by atoms with Crippen molar-refractivity contribution in [3.63, 3.8) is 0 Å². The number of nitrogen functional groups attached to an aromatic ring is 1. The number of hydrogen-bond acceptors (Lipinski definition) is 4. The number of benzene rings is 1. The van der Waals surface area contributed by atoms with E-state index < -0.39 is 0 Å². The Labute approximate surface area is 119 Å². The second kappa shape index (κ2) is 7.14. The molecule has 0 radical (unpaired) electrons. The molecule has 0 spiro atoms. The molecule has 1 aromatic carbocycles. The fraction of sp³-hybridized carbons (Fsp3) is 0.533. The maximum absolute atomic E-state index is 11.9. The largest absolute Gasteiger partial charge is 0.491 e. The standard InChI is InChI=1S/C15H22N2O3/c1-19-14-8-4-6-12(14)17-15(18)9-10-20-13-7-3-2-5-11(13)16/h2-3,5,7,12,14H,4,6,8-10,16H2,1H3,(H,17,18). The Morgan fingerprint density at radius 1 is 1.40 bits per heavy atom. The van der Waals surface area contributed by atoms with Crippen LogP contribution in [-0.2, 0) is 9.53 Å². The third-order valence-electron chi connectivity index (χ3n) is 3.61. The van der Waals surface area contributed by atoms with Crippen molar-refractivity contribution in [3.8, 4) is 5.75 Å². The number of amides is 1. The van der Waals surface area contributed by atoms with E-state index in [0.717, 1.165) is 19.3 Å². The molecule has 0 aliphatic heterocycles. The molecule has 1 saturated carbocycles. The summed E-state index contributed by atoms with van der Waals surface area (Å²) in [6.45, 7) is 0.324. The number of nitrogens with two attached hydrogens (primary N) is 1. The van der Waals surface area contributed by atoms with Gasteiger partial charge in [0.1, 0.15) is 5.75 Å². The molecule has 3 N–H and O–H groups in total. The third-order valence-corrected chi connectivity index (χ3v) is 3.61. The van der Waals surface area contributed by atoms with Crippen molar-refractivity contribution in [1.82, 2.24) is 5.32 Å². The molecule has 2 unspecified atom stereocenters. The van der Waals surface area contributed by atoms with Crippen molar-refractivity contribution >= 4 is 11.6 Å². The summed E-state index contributed by atoms with van der Waals surface area (Å²) in [6.07, 6.45) is 3.56. The molecule has 2 atom stereocenters. The van der Waals surface area contributed by atoms with Gasteiger partial charge >= 0.3 is 0 Å². The van der Waals surface area contributed by atoms with Crippen LogP contribution in [0.4, 0.5) is 5.69 Å². The van der Waals surface area contributed by atoms with E-state index in [-0.39, 0.29) is 18.1 Å². The zero-order chi connectivity index (χ0) is 14.4. The minimum atomic E-state index is -0.00606. The first-order chi connectivity index (χ1) is 9.70. The van der Waals surface area contributed by atoms with Gasteiger partial charge in [0.2, 0.25) is 5.91 Å². The van der Waals surface area contributed by atoms with Gasteiger partial charge in [-0.05, 0) is 31.4 Å². The number of carbonyl (C=O) groups excluding carboxylic acids is 1. The topological polar surface area (TPSA) is 73.6 Å². The predicted octanol–water partition coefficient (Wildman–Crippen LogP) is 1.72. The maximum atomic E-state index is 11.9. The number of carbonyl (C=O) groups is 1. The van der Waals surface area contributed by atoms with Gasteiger partial charge in [-0.15, -0.1) is 0 Å². The van der Waals surface area contributed by atoms with Crippen LogP contribution >= 0.6 is 0 Å². The van der Waals surface area contributed by atoms with E-state index in [0.29, 0.717) is 24.5 Å². The molecule has 20 heavy (non-hydrogen) atoms. The summed E-state index contributed by atoms with van der Waals surface area (Å²) in [4.78, 5) is 11.9. The Bertz CT molecular complexity index is 450. The average molecular weight is 278 g/mol. The molecule has 1 aromatic rings. The minimum Gasteiger partial charge on any atom is -0.491 e. The summed E-state index contributed by atoms with van der Waals surface area (Å²) in [7, 11) is 1.69. The van der Waals surface area contributed by atoms with Gasteiger partial charge in [-0.2, -0.15) is 0 Å². The SMILES string of the molecule is COC1CCCC1NC(=O)CCOc1ccccc1N. The number of ether oxygens (including phenoxy) is 2. The smallest absolute Gasteiger partial charge is 0.223 e. The highest BCUT2D eigenvalue weighted by Gasteiger charge is 2.28. The highest BCUT2D eigenvalue weighted by Crippen LogP contribution is 2.22. The highest BCUT2D eigenvalue weighted by molar-refractivity contribution is 5.76. The first-order valence-corrected chi connectivity index (χ1v) is 7.00. The third kappa shape index (κ3) is 3.87. The van der Waals surface area contributed by atoms with Crippen LogP contribution in [0.25, 0.3) is 0 Å². The quantitative estimate of drug-likeness (QED) is 0.777. The molecule has 0 saturated heterocycles. The molecule has 1 aliphatic carbocycles. The molecule has 110 valence electrons. The lowest BCUT2D eigenvalue weighted by Gasteiger charge is -2.19. The van der Waals surface area contributed by atoms with Crippen molar-refractivity contribution in [3.05, 3.63) is 24.3 Å². The molecule has 5 nitrogen and oxygen atoms in total. The van der Waals surface area contributed by atoms with Gasteiger partial charge in [-0.1, -0.05) is 12.1 Å². The van der Waals surface area contributed by atoms with Crippen LogP contribution in [0.2, 0.25) is 0 Å². The number of para-hydroxylation sites is 2. The van der Waals surface area contributed by atoms with Gasteiger partial charge < -0.3 is 20.5 Å². The summed E-state index contributed by atoms with van der Waals surface area (Å²) in [5, 5.41) is 3.01. The van der Waals surface area contributed by atoms with E-state index in [1.165, 1.54) is 0 Å². The first-order valence-electron chi connectivity index (χ1n) is 7.00. The number of nitrogens with one attached hydrogen (secondary N) is 1. The van der Waals surface area contributed by atoms with Crippen molar-refractivity contribution < 1.29 is 14.3 Å². The Morgan fingerprint density at radius 3 is 2.95 bits per heavy atom. The van der Waals surface area contributed by atoms with E-state index in [2.05, 4.69) is 5.32 Å². The number of methoxy groups -OCH3 is 1. The van der Waals surface area contributed by atoms with Crippen LogP contribution in [0.15, 0.2) is 24.3 Å². The zero-order valence-electron chi connectivity index (χ0n) is 11.8. The molecule has 1 fully saturated rings. The average Bonchev–Trinajstić information content (AvgIpc) is 2.88. The van der Waals surface area contributed by atoms with Crippen LogP contribution in [0.3, 0.4) is 0 Å². The molecule has 2 rings (SSSR count). The van der Waals surface area contributed by atoms with Crippen LogP contribution in [0.5, 0.6) is 5.75 Å². The molecule has 5 heteroatoms. The monoisotopic (exact) mass is 278 g/mol. The second-order valence-electron chi connectivity index (χ2n) is 5.02. The normalized spacial score (nSPS) is 21.6. The van der Waals surface area contributed by atoms with E-state index >= 15 is 0 Å². The fourth-order valence-electron chi connectivity index (χ4n) is 2.52. The van der Waals surface area contributed by atoms with Crippen LogP contribution in [-0.4, -0.2) is 31.8 Å². The van der Waals surface area contributed by atoms with E-state index in [9.17, 15) is 4.79 Å². The molecule has 1 aliphatic rings. The maximum Gasteiger partial charge on any atom is 0.223 e. The van der Waals surface area contributed by atoms with E-state index in [4.69, 9.17) is 15.2 Å². The lowest BCUT2D eigenvalue weighted by Crippen LogP contribution is -2.41. The van der Waals surface area contributed by atoms with Gasteiger partial charge in [0.05, 0.1) is 30.9 Å². The van der Waals surface area contributed by atoms with Gasteiger partial charge in [0, 0.05) is 7.11 Å². The Balaban J connectivity index is 1.72. The zero-order valence-corrected chi connectivity index (χ0v) is 11.8. The molecular weight excluding hydrogens is 256 g/mol. The summed E-state index contributed by atoms with van der Waals surface area (Å²) in [6, 6.07) is 7.41. The second-order valence-corrected chi connectivity index (χ2v) is 5.02. The van der Waals surface area contributed by atoms with Crippen LogP contribution < -0.4 is 15.8 Å².